The first kappa shape index (κ1) is 15.5. The first-order chi connectivity index (χ1) is 8.54. The summed E-state index contributed by atoms with van der Waals surface area (Å²) >= 11 is 3.70. The normalized spacial score (nSPS) is 10.8. The maximum Gasteiger partial charge on any atom is 0.125 e. The fourth-order valence-electron chi connectivity index (χ4n) is 2.33. The summed E-state index contributed by atoms with van der Waals surface area (Å²) < 4.78 is 6.84. The van der Waals surface area contributed by atoms with Crippen LogP contribution >= 0.6 is 15.9 Å². The van der Waals surface area contributed by atoms with Gasteiger partial charge in [0.15, 0.2) is 0 Å². The number of nitrogens with one attached hydrogen (secondary N) is 1. The van der Waals surface area contributed by atoms with Gasteiger partial charge >= 0.3 is 0 Å². The van der Waals surface area contributed by atoms with Crippen LogP contribution in [0.5, 0.6) is 5.75 Å². The maximum absolute atomic E-state index is 5.61. The Labute approximate surface area is 119 Å². The summed E-state index contributed by atoms with van der Waals surface area (Å²) in [5.41, 5.74) is 5.20. The molecule has 1 aromatic rings. The molecule has 102 valence electrons. The summed E-state index contributed by atoms with van der Waals surface area (Å²) in [5.74, 6) is 1.07. The third-order valence-corrected chi connectivity index (χ3v) is 4.79. The molecule has 0 bridgehead atoms. The van der Waals surface area contributed by atoms with E-state index in [-0.39, 0.29) is 0 Å². The zero-order chi connectivity index (χ0) is 13.7. The maximum atomic E-state index is 5.61. The summed E-state index contributed by atoms with van der Waals surface area (Å²) in [7, 11) is 3.77. The summed E-state index contributed by atoms with van der Waals surface area (Å²) in [5, 5.41) is 3.19. The molecule has 2 nitrogen and oxygen atoms in total. The molecule has 0 saturated carbocycles. The van der Waals surface area contributed by atoms with Crippen molar-refractivity contribution in [3.8, 4) is 5.75 Å². The van der Waals surface area contributed by atoms with E-state index in [9.17, 15) is 0 Å². The van der Waals surface area contributed by atoms with Gasteiger partial charge in [0.1, 0.15) is 5.75 Å². The van der Waals surface area contributed by atoms with Crippen molar-refractivity contribution >= 4 is 15.9 Å². The van der Waals surface area contributed by atoms with E-state index >= 15 is 0 Å². The summed E-state index contributed by atoms with van der Waals surface area (Å²) in [4.78, 5) is 0. The minimum Gasteiger partial charge on any atom is -0.496 e. The van der Waals surface area contributed by atoms with Crippen LogP contribution in [0.4, 0.5) is 0 Å². The van der Waals surface area contributed by atoms with Gasteiger partial charge in [-0.1, -0.05) is 15.9 Å². The molecule has 0 heterocycles. The Balaban J connectivity index is 3.01. The monoisotopic (exact) mass is 313 g/mol. The lowest BCUT2D eigenvalue weighted by Gasteiger charge is -2.18. The molecule has 1 aromatic carbocycles. The standard InChI is InChI=1S/C15H24BrNO/c1-10-11(2)15(18-5)13(12(3)14(10)16)8-6-7-9-17-4/h17H,6-9H2,1-5H3. The first-order valence-electron chi connectivity index (χ1n) is 6.51. The van der Waals surface area contributed by atoms with E-state index in [4.69, 9.17) is 4.74 Å². The summed E-state index contributed by atoms with van der Waals surface area (Å²) in [6.07, 6.45) is 3.47. The molecule has 0 atom stereocenters. The molecule has 0 radical (unpaired) electrons. The van der Waals surface area contributed by atoms with Gasteiger partial charge in [-0.3, -0.25) is 0 Å². The minimum atomic E-state index is 1.07. The smallest absolute Gasteiger partial charge is 0.125 e. The van der Waals surface area contributed by atoms with Crippen molar-refractivity contribution < 1.29 is 4.74 Å². The number of hydrogen-bond donors (Lipinski definition) is 1. The van der Waals surface area contributed by atoms with Crippen molar-refractivity contribution in [1.29, 1.82) is 0 Å². The number of benzene rings is 1. The van der Waals surface area contributed by atoms with Crippen LogP contribution in [0, 0.1) is 20.8 Å². The van der Waals surface area contributed by atoms with Crippen LogP contribution in [0.15, 0.2) is 4.47 Å². The fraction of sp³-hybridized carbons (Fsp3) is 0.600. The molecule has 0 aromatic heterocycles. The van der Waals surface area contributed by atoms with Crippen molar-refractivity contribution in [2.45, 2.75) is 40.0 Å². The zero-order valence-corrected chi connectivity index (χ0v) is 13.7. The number of unbranched alkanes of at least 4 members (excludes halogenated alkanes) is 1. The van der Waals surface area contributed by atoms with Crippen LogP contribution < -0.4 is 10.1 Å². The molecule has 0 aliphatic carbocycles. The lowest BCUT2D eigenvalue weighted by Crippen LogP contribution is -2.08. The number of ether oxygens (including phenoxy) is 1. The molecule has 0 amide bonds. The highest BCUT2D eigenvalue weighted by Gasteiger charge is 2.16. The molecule has 0 unspecified atom stereocenters. The number of halogens is 1. The van der Waals surface area contributed by atoms with Crippen molar-refractivity contribution in [2.24, 2.45) is 0 Å². The van der Waals surface area contributed by atoms with Gasteiger partial charge in [0.2, 0.25) is 0 Å². The molecule has 1 rings (SSSR count). The number of methoxy groups -OCH3 is 1. The molecule has 0 saturated heterocycles. The fourth-order valence-corrected chi connectivity index (χ4v) is 2.86. The van der Waals surface area contributed by atoms with E-state index in [1.807, 2.05) is 7.05 Å². The summed E-state index contributed by atoms with van der Waals surface area (Å²) in [6.45, 7) is 7.52. The van der Waals surface area contributed by atoms with Crippen LogP contribution in [0.2, 0.25) is 0 Å². The van der Waals surface area contributed by atoms with Crippen LogP contribution in [0.1, 0.15) is 35.1 Å². The predicted molar refractivity (Wildman–Crippen MR) is 81.8 cm³/mol. The second-order valence-electron chi connectivity index (χ2n) is 4.76. The first-order valence-corrected chi connectivity index (χ1v) is 7.30. The lowest BCUT2D eigenvalue weighted by atomic mass is 9.95. The predicted octanol–water partition coefficient (Wildman–Crippen LogP) is 3.93. The molecule has 0 aliphatic rings. The average molecular weight is 314 g/mol. The van der Waals surface area contributed by atoms with E-state index in [0.717, 1.165) is 18.7 Å². The van der Waals surface area contributed by atoms with Crippen LogP contribution in [-0.4, -0.2) is 20.7 Å². The van der Waals surface area contributed by atoms with Crippen LogP contribution in [-0.2, 0) is 6.42 Å². The molecule has 0 fully saturated rings. The lowest BCUT2D eigenvalue weighted by molar-refractivity contribution is 0.404. The van der Waals surface area contributed by atoms with Crippen molar-refractivity contribution in [3.05, 3.63) is 26.7 Å². The topological polar surface area (TPSA) is 21.3 Å². The van der Waals surface area contributed by atoms with E-state index in [0.29, 0.717) is 0 Å². The Morgan fingerprint density at radius 3 is 2.28 bits per heavy atom. The van der Waals surface area contributed by atoms with Crippen molar-refractivity contribution in [3.63, 3.8) is 0 Å². The second-order valence-corrected chi connectivity index (χ2v) is 5.55. The van der Waals surface area contributed by atoms with Gasteiger partial charge in [0.05, 0.1) is 7.11 Å². The molecular formula is C15H24BrNO. The van der Waals surface area contributed by atoms with Gasteiger partial charge in [-0.25, -0.2) is 0 Å². The average Bonchev–Trinajstić information content (AvgIpc) is 2.38. The Kier molecular flexibility index (Phi) is 6.16. The highest BCUT2D eigenvalue weighted by Crippen LogP contribution is 2.36. The Morgan fingerprint density at radius 1 is 1.06 bits per heavy atom. The van der Waals surface area contributed by atoms with E-state index < -0.39 is 0 Å². The zero-order valence-electron chi connectivity index (χ0n) is 12.1. The molecule has 18 heavy (non-hydrogen) atoms. The molecule has 0 spiro atoms. The molecular weight excluding hydrogens is 290 g/mol. The second kappa shape index (κ2) is 7.15. The van der Waals surface area contributed by atoms with Gasteiger partial charge in [-0.2, -0.15) is 0 Å². The Morgan fingerprint density at radius 2 is 1.72 bits per heavy atom. The van der Waals surface area contributed by atoms with Crippen molar-refractivity contribution in [1.82, 2.24) is 5.32 Å². The minimum absolute atomic E-state index is 1.07. The van der Waals surface area contributed by atoms with Gasteiger partial charge in [0, 0.05) is 4.47 Å². The highest BCUT2D eigenvalue weighted by molar-refractivity contribution is 9.10. The van der Waals surface area contributed by atoms with Gasteiger partial charge < -0.3 is 10.1 Å². The summed E-state index contributed by atoms with van der Waals surface area (Å²) in [6, 6.07) is 0. The number of hydrogen-bond acceptors (Lipinski definition) is 2. The Hall–Kier alpha value is -0.540. The van der Waals surface area contributed by atoms with Crippen molar-refractivity contribution in [2.75, 3.05) is 20.7 Å². The third-order valence-electron chi connectivity index (χ3n) is 3.60. The number of rotatable bonds is 6. The molecule has 3 heteroatoms. The van der Waals surface area contributed by atoms with E-state index in [1.54, 1.807) is 7.11 Å². The van der Waals surface area contributed by atoms with E-state index in [1.165, 1.54) is 39.6 Å². The molecule has 0 aliphatic heterocycles. The SMILES string of the molecule is CNCCCCc1c(C)c(Br)c(C)c(C)c1OC. The van der Waals surface area contributed by atoms with Gasteiger partial charge in [0.25, 0.3) is 0 Å². The van der Waals surface area contributed by atoms with Gasteiger partial charge in [-0.05, 0) is 75.9 Å². The Bertz CT molecular complexity index is 416. The highest BCUT2D eigenvalue weighted by atomic mass is 79.9. The largest absolute Gasteiger partial charge is 0.496 e. The third kappa shape index (κ3) is 3.27. The van der Waals surface area contributed by atoms with Gasteiger partial charge in [-0.15, -0.1) is 0 Å². The van der Waals surface area contributed by atoms with Crippen LogP contribution in [0.25, 0.3) is 0 Å². The quantitative estimate of drug-likeness (QED) is 0.804. The van der Waals surface area contributed by atoms with Crippen LogP contribution in [0.3, 0.4) is 0 Å². The van der Waals surface area contributed by atoms with E-state index in [2.05, 4.69) is 42.0 Å². The molecule has 1 N–H and O–H groups in total.